The highest BCUT2D eigenvalue weighted by atomic mass is 16.6. The van der Waals surface area contributed by atoms with E-state index in [0.29, 0.717) is 13.2 Å². The topological polar surface area (TPSA) is 46.6 Å². The van der Waals surface area contributed by atoms with Crippen molar-refractivity contribution >= 4 is 11.9 Å². The molecule has 0 saturated carbocycles. The fraction of sp³-hybridized carbons (Fsp3) is 0.778. The monoisotopic (exact) mass is 185 g/mol. The first-order valence-electron chi connectivity index (χ1n) is 4.59. The van der Waals surface area contributed by atoms with Crippen LogP contribution in [0.25, 0.3) is 0 Å². The van der Waals surface area contributed by atoms with Crippen molar-refractivity contribution in [3.05, 3.63) is 0 Å². The number of ether oxygens (including phenoxy) is 1. The Balaban J connectivity index is 2.39. The van der Waals surface area contributed by atoms with Crippen molar-refractivity contribution in [1.29, 1.82) is 0 Å². The van der Waals surface area contributed by atoms with Crippen LogP contribution < -0.4 is 0 Å². The maximum Gasteiger partial charge on any atom is 0.410 e. The SMILES string of the molecule is CCC(C)C(=O)CN1CCOC1=O. The van der Waals surface area contributed by atoms with Gasteiger partial charge in [-0.1, -0.05) is 13.8 Å². The molecule has 1 atom stereocenters. The van der Waals surface area contributed by atoms with Gasteiger partial charge in [0.05, 0.1) is 13.1 Å². The molecule has 1 amide bonds. The van der Waals surface area contributed by atoms with Crippen LogP contribution in [0.1, 0.15) is 20.3 Å². The molecule has 0 aliphatic carbocycles. The molecule has 0 N–H and O–H groups in total. The average molecular weight is 185 g/mol. The number of amides is 1. The zero-order valence-electron chi connectivity index (χ0n) is 8.08. The summed E-state index contributed by atoms with van der Waals surface area (Å²) in [4.78, 5) is 23.9. The van der Waals surface area contributed by atoms with E-state index in [1.165, 1.54) is 4.90 Å². The highest BCUT2D eigenvalue weighted by Crippen LogP contribution is 2.07. The third kappa shape index (κ3) is 2.44. The summed E-state index contributed by atoms with van der Waals surface area (Å²) in [6.45, 7) is 5.00. The van der Waals surface area contributed by atoms with E-state index in [-0.39, 0.29) is 24.3 Å². The van der Waals surface area contributed by atoms with E-state index in [1.54, 1.807) is 0 Å². The highest BCUT2D eigenvalue weighted by Gasteiger charge is 2.25. The molecule has 4 nitrogen and oxygen atoms in total. The minimum absolute atomic E-state index is 0.0356. The Kier molecular flexibility index (Phi) is 3.28. The number of Topliss-reactive ketones (excluding diaryl/α,β-unsaturated/α-hetero) is 1. The second kappa shape index (κ2) is 4.25. The maximum atomic E-state index is 11.4. The van der Waals surface area contributed by atoms with E-state index in [4.69, 9.17) is 4.74 Å². The molecule has 0 aromatic carbocycles. The van der Waals surface area contributed by atoms with Crippen molar-refractivity contribution < 1.29 is 14.3 Å². The first-order valence-corrected chi connectivity index (χ1v) is 4.59. The Hall–Kier alpha value is -1.06. The predicted molar refractivity (Wildman–Crippen MR) is 47.4 cm³/mol. The lowest BCUT2D eigenvalue weighted by molar-refractivity contribution is -0.122. The maximum absolute atomic E-state index is 11.4. The van der Waals surface area contributed by atoms with E-state index < -0.39 is 0 Å². The quantitative estimate of drug-likeness (QED) is 0.657. The van der Waals surface area contributed by atoms with Crippen LogP contribution in [0.2, 0.25) is 0 Å². The number of cyclic esters (lactones) is 1. The molecule has 0 aromatic rings. The first kappa shape index (κ1) is 10.0. The van der Waals surface area contributed by atoms with Crippen molar-refractivity contribution in [3.8, 4) is 0 Å². The zero-order chi connectivity index (χ0) is 9.84. The molecule has 1 aliphatic heterocycles. The first-order chi connectivity index (χ1) is 6.15. The number of hydrogen-bond acceptors (Lipinski definition) is 3. The minimum atomic E-state index is -0.364. The van der Waals surface area contributed by atoms with Gasteiger partial charge in [-0.2, -0.15) is 0 Å². The standard InChI is InChI=1S/C9H15NO3/c1-3-7(2)8(11)6-10-4-5-13-9(10)12/h7H,3-6H2,1-2H3. The average Bonchev–Trinajstić information content (AvgIpc) is 2.50. The summed E-state index contributed by atoms with van der Waals surface area (Å²) in [6.07, 6.45) is 0.457. The van der Waals surface area contributed by atoms with E-state index in [1.807, 2.05) is 13.8 Å². The van der Waals surface area contributed by atoms with Crippen molar-refractivity contribution in [3.63, 3.8) is 0 Å². The molecule has 13 heavy (non-hydrogen) atoms. The summed E-state index contributed by atoms with van der Waals surface area (Å²) in [5.74, 6) is 0.148. The molecule has 1 unspecified atom stereocenters. The number of ketones is 1. The molecule has 74 valence electrons. The number of carbonyl (C=O) groups excluding carboxylic acids is 2. The molecule has 1 saturated heterocycles. The Labute approximate surface area is 77.8 Å². The lowest BCUT2D eigenvalue weighted by atomic mass is 10.0. The van der Waals surface area contributed by atoms with Gasteiger partial charge in [0.15, 0.2) is 5.78 Å². The zero-order valence-corrected chi connectivity index (χ0v) is 8.08. The highest BCUT2D eigenvalue weighted by molar-refractivity contribution is 5.86. The number of nitrogens with zero attached hydrogens (tertiary/aromatic N) is 1. The molecular weight excluding hydrogens is 170 g/mol. The van der Waals surface area contributed by atoms with Crippen molar-refractivity contribution in [1.82, 2.24) is 4.90 Å². The van der Waals surface area contributed by atoms with Gasteiger partial charge in [-0.25, -0.2) is 4.79 Å². The molecule has 1 rings (SSSR count). The van der Waals surface area contributed by atoms with Gasteiger partial charge in [-0.15, -0.1) is 0 Å². The molecule has 1 fully saturated rings. The van der Waals surface area contributed by atoms with Crippen LogP contribution in [0.4, 0.5) is 4.79 Å². The smallest absolute Gasteiger partial charge is 0.410 e. The minimum Gasteiger partial charge on any atom is -0.448 e. The van der Waals surface area contributed by atoms with Crippen LogP contribution in [-0.4, -0.2) is 36.5 Å². The van der Waals surface area contributed by atoms with E-state index >= 15 is 0 Å². The van der Waals surface area contributed by atoms with E-state index in [0.717, 1.165) is 6.42 Å². The second-order valence-electron chi connectivity index (χ2n) is 3.31. The van der Waals surface area contributed by atoms with Crippen LogP contribution in [0, 0.1) is 5.92 Å². The fourth-order valence-corrected chi connectivity index (χ4v) is 1.14. The molecule has 1 heterocycles. The molecule has 1 aliphatic rings. The Bertz CT molecular complexity index is 215. The van der Waals surface area contributed by atoms with Crippen LogP contribution in [0.5, 0.6) is 0 Å². The van der Waals surface area contributed by atoms with Crippen molar-refractivity contribution in [2.45, 2.75) is 20.3 Å². The molecule has 0 spiro atoms. The lowest BCUT2D eigenvalue weighted by Crippen LogP contribution is -2.33. The fourth-order valence-electron chi connectivity index (χ4n) is 1.14. The van der Waals surface area contributed by atoms with Gasteiger partial charge in [0.25, 0.3) is 0 Å². The summed E-state index contributed by atoms with van der Waals surface area (Å²) in [7, 11) is 0. The van der Waals surface area contributed by atoms with Gasteiger partial charge < -0.3 is 4.74 Å². The van der Waals surface area contributed by atoms with Gasteiger partial charge in [0.1, 0.15) is 6.61 Å². The lowest BCUT2D eigenvalue weighted by Gasteiger charge is -2.13. The summed E-state index contributed by atoms with van der Waals surface area (Å²) in [5, 5.41) is 0. The third-order valence-electron chi connectivity index (χ3n) is 2.35. The van der Waals surface area contributed by atoms with Gasteiger partial charge in [-0.05, 0) is 6.42 Å². The van der Waals surface area contributed by atoms with E-state index in [9.17, 15) is 9.59 Å². The third-order valence-corrected chi connectivity index (χ3v) is 2.35. The second-order valence-corrected chi connectivity index (χ2v) is 3.31. The molecule has 0 radical (unpaired) electrons. The molecule has 0 aromatic heterocycles. The molecular formula is C9H15NO3. The predicted octanol–water partition coefficient (Wildman–Crippen LogP) is 1.05. The van der Waals surface area contributed by atoms with Crippen LogP contribution in [-0.2, 0) is 9.53 Å². The van der Waals surface area contributed by atoms with E-state index in [2.05, 4.69) is 0 Å². The Morgan fingerprint density at radius 1 is 1.69 bits per heavy atom. The summed E-state index contributed by atoms with van der Waals surface area (Å²) < 4.78 is 4.71. The van der Waals surface area contributed by atoms with Crippen molar-refractivity contribution in [2.75, 3.05) is 19.7 Å². The Morgan fingerprint density at radius 3 is 2.85 bits per heavy atom. The number of rotatable bonds is 4. The molecule has 4 heteroatoms. The molecule has 0 bridgehead atoms. The van der Waals surface area contributed by atoms with Crippen LogP contribution in [0.15, 0.2) is 0 Å². The van der Waals surface area contributed by atoms with Gasteiger partial charge in [0.2, 0.25) is 0 Å². The van der Waals surface area contributed by atoms with Crippen molar-refractivity contribution in [2.24, 2.45) is 5.92 Å². The normalized spacial score (nSPS) is 18.6. The van der Waals surface area contributed by atoms with Gasteiger partial charge in [-0.3, -0.25) is 9.69 Å². The van der Waals surface area contributed by atoms with Gasteiger partial charge in [0, 0.05) is 5.92 Å². The number of carbonyl (C=O) groups is 2. The summed E-state index contributed by atoms with van der Waals surface area (Å²) >= 11 is 0. The summed E-state index contributed by atoms with van der Waals surface area (Å²) in [6, 6.07) is 0. The van der Waals surface area contributed by atoms with Gasteiger partial charge >= 0.3 is 6.09 Å². The van der Waals surface area contributed by atoms with Crippen LogP contribution in [0.3, 0.4) is 0 Å². The largest absolute Gasteiger partial charge is 0.448 e. The van der Waals surface area contributed by atoms with Crippen LogP contribution >= 0.6 is 0 Å². The number of hydrogen-bond donors (Lipinski definition) is 0. The summed E-state index contributed by atoms with van der Waals surface area (Å²) in [5.41, 5.74) is 0. The Morgan fingerprint density at radius 2 is 2.38 bits per heavy atom.